The molecule has 0 radical (unpaired) electrons. The SMILES string of the molecule is CCOC(OCc1ccccc1)C(=O)O. The Labute approximate surface area is 88.4 Å². The van der Waals surface area contributed by atoms with Crippen LogP contribution in [0, 0.1) is 0 Å². The molecule has 0 aliphatic rings. The smallest absolute Gasteiger partial charge is 0.361 e. The molecule has 1 aromatic carbocycles. The second-order valence-corrected chi connectivity index (χ2v) is 2.92. The third-order valence-electron chi connectivity index (χ3n) is 1.76. The van der Waals surface area contributed by atoms with Gasteiger partial charge in [-0.1, -0.05) is 30.3 Å². The number of benzene rings is 1. The van der Waals surface area contributed by atoms with Gasteiger partial charge in [0, 0.05) is 6.61 Å². The molecule has 0 amide bonds. The summed E-state index contributed by atoms with van der Waals surface area (Å²) in [4.78, 5) is 10.7. The largest absolute Gasteiger partial charge is 0.477 e. The van der Waals surface area contributed by atoms with Crippen LogP contribution in [-0.2, 0) is 20.9 Å². The van der Waals surface area contributed by atoms with Crippen LogP contribution in [0.15, 0.2) is 30.3 Å². The quantitative estimate of drug-likeness (QED) is 0.725. The minimum absolute atomic E-state index is 0.234. The maximum Gasteiger partial charge on any atom is 0.361 e. The molecular weight excluding hydrogens is 196 g/mol. The van der Waals surface area contributed by atoms with Crippen LogP contribution in [0.3, 0.4) is 0 Å². The number of ether oxygens (including phenoxy) is 2. The molecular formula is C11H14O4. The maximum absolute atomic E-state index is 10.7. The zero-order valence-electron chi connectivity index (χ0n) is 8.55. The minimum Gasteiger partial charge on any atom is -0.477 e. The molecule has 82 valence electrons. The Morgan fingerprint density at radius 1 is 1.33 bits per heavy atom. The molecule has 0 spiro atoms. The lowest BCUT2D eigenvalue weighted by molar-refractivity contribution is -0.191. The van der Waals surface area contributed by atoms with E-state index >= 15 is 0 Å². The van der Waals surface area contributed by atoms with Gasteiger partial charge in [-0.3, -0.25) is 0 Å². The fourth-order valence-electron chi connectivity index (χ4n) is 1.09. The highest BCUT2D eigenvalue weighted by atomic mass is 16.7. The number of rotatable bonds is 6. The standard InChI is InChI=1S/C11H14O4/c1-2-14-11(10(12)13)15-8-9-6-4-3-5-7-9/h3-7,11H,2,8H2,1H3,(H,12,13). The van der Waals surface area contributed by atoms with Gasteiger partial charge in [-0.05, 0) is 12.5 Å². The topological polar surface area (TPSA) is 55.8 Å². The molecule has 4 heteroatoms. The van der Waals surface area contributed by atoms with Crippen molar-refractivity contribution in [2.24, 2.45) is 0 Å². The predicted octanol–water partition coefficient (Wildman–Crippen LogP) is 1.65. The number of carbonyl (C=O) groups is 1. The Hall–Kier alpha value is -1.39. The molecule has 0 heterocycles. The van der Waals surface area contributed by atoms with Crippen molar-refractivity contribution in [1.29, 1.82) is 0 Å². The molecule has 1 aromatic rings. The summed E-state index contributed by atoms with van der Waals surface area (Å²) in [5.74, 6) is -1.10. The fourth-order valence-corrected chi connectivity index (χ4v) is 1.09. The zero-order valence-corrected chi connectivity index (χ0v) is 8.55. The third kappa shape index (κ3) is 4.10. The summed E-state index contributed by atoms with van der Waals surface area (Å²) in [6.45, 7) is 2.27. The summed E-state index contributed by atoms with van der Waals surface area (Å²) < 4.78 is 10.0. The van der Waals surface area contributed by atoms with Crippen LogP contribution in [0.1, 0.15) is 12.5 Å². The van der Waals surface area contributed by atoms with Crippen LogP contribution in [0.4, 0.5) is 0 Å². The first kappa shape index (κ1) is 11.7. The van der Waals surface area contributed by atoms with Crippen LogP contribution in [-0.4, -0.2) is 24.0 Å². The van der Waals surface area contributed by atoms with E-state index in [0.717, 1.165) is 5.56 Å². The van der Waals surface area contributed by atoms with E-state index in [4.69, 9.17) is 14.6 Å². The van der Waals surface area contributed by atoms with E-state index in [1.165, 1.54) is 0 Å². The Morgan fingerprint density at radius 2 is 2.00 bits per heavy atom. The van der Waals surface area contributed by atoms with Gasteiger partial charge in [0.2, 0.25) is 0 Å². The van der Waals surface area contributed by atoms with Crippen molar-refractivity contribution in [2.75, 3.05) is 6.61 Å². The number of carboxylic acid groups (broad SMARTS) is 1. The normalized spacial score (nSPS) is 12.3. The summed E-state index contributed by atoms with van der Waals surface area (Å²) in [5, 5.41) is 8.73. The van der Waals surface area contributed by atoms with Gasteiger partial charge in [0.05, 0.1) is 6.61 Å². The van der Waals surface area contributed by atoms with Crippen LogP contribution >= 0.6 is 0 Å². The maximum atomic E-state index is 10.7. The van der Waals surface area contributed by atoms with Crippen LogP contribution in [0.25, 0.3) is 0 Å². The first-order valence-corrected chi connectivity index (χ1v) is 4.74. The van der Waals surface area contributed by atoms with Gasteiger partial charge in [-0.25, -0.2) is 4.79 Å². The molecule has 0 saturated carbocycles. The summed E-state index contributed by atoms with van der Waals surface area (Å²) in [5.41, 5.74) is 0.920. The van der Waals surface area contributed by atoms with Crippen molar-refractivity contribution in [3.63, 3.8) is 0 Å². The van der Waals surface area contributed by atoms with Crippen molar-refractivity contribution in [3.05, 3.63) is 35.9 Å². The van der Waals surface area contributed by atoms with Crippen molar-refractivity contribution in [2.45, 2.75) is 19.8 Å². The summed E-state index contributed by atoms with van der Waals surface area (Å²) in [7, 11) is 0. The molecule has 0 bridgehead atoms. The second-order valence-electron chi connectivity index (χ2n) is 2.92. The Balaban J connectivity index is 2.43. The van der Waals surface area contributed by atoms with Gasteiger partial charge < -0.3 is 14.6 Å². The molecule has 4 nitrogen and oxygen atoms in total. The summed E-state index contributed by atoms with van der Waals surface area (Å²) >= 11 is 0. The lowest BCUT2D eigenvalue weighted by Crippen LogP contribution is -2.26. The summed E-state index contributed by atoms with van der Waals surface area (Å²) in [6, 6.07) is 9.36. The Bertz CT molecular complexity index is 297. The van der Waals surface area contributed by atoms with Crippen LogP contribution in [0.2, 0.25) is 0 Å². The van der Waals surface area contributed by atoms with Gasteiger partial charge in [0.1, 0.15) is 0 Å². The second kappa shape index (κ2) is 6.16. The average Bonchev–Trinajstić information content (AvgIpc) is 2.25. The van der Waals surface area contributed by atoms with E-state index < -0.39 is 12.3 Å². The fraction of sp³-hybridized carbons (Fsp3) is 0.364. The Morgan fingerprint density at radius 3 is 2.53 bits per heavy atom. The monoisotopic (exact) mass is 210 g/mol. The third-order valence-corrected chi connectivity index (χ3v) is 1.76. The average molecular weight is 210 g/mol. The van der Waals surface area contributed by atoms with Crippen molar-refractivity contribution in [1.82, 2.24) is 0 Å². The van der Waals surface area contributed by atoms with Gasteiger partial charge >= 0.3 is 5.97 Å². The zero-order chi connectivity index (χ0) is 11.1. The lowest BCUT2D eigenvalue weighted by Gasteiger charge is -2.12. The van der Waals surface area contributed by atoms with E-state index in [0.29, 0.717) is 6.61 Å². The minimum atomic E-state index is -1.18. The number of carboxylic acids is 1. The van der Waals surface area contributed by atoms with E-state index in [-0.39, 0.29) is 6.61 Å². The van der Waals surface area contributed by atoms with Crippen molar-refractivity contribution in [3.8, 4) is 0 Å². The van der Waals surface area contributed by atoms with Gasteiger partial charge in [-0.15, -0.1) is 0 Å². The lowest BCUT2D eigenvalue weighted by atomic mass is 10.2. The number of hydrogen-bond acceptors (Lipinski definition) is 3. The molecule has 0 aliphatic carbocycles. The summed E-state index contributed by atoms with van der Waals surface area (Å²) in [6.07, 6.45) is -1.18. The molecule has 0 aromatic heterocycles. The molecule has 1 N–H and O–H groups in total. The molecule has 15 heavy (non-hydrogen) atoms. The van der Waals surface area contributed by atoms with Gasteiger partial charge in [-0.2, -0.15) is 0 Å². The molecule has 1 atom stereocenters. The van der Waals surface area contributed by atoms with E-state index in [1.807, 2.05) is 30.3 Å². The van der Waals surface area contributed by atoms with Gasteiger partial charge in [0.15, 0.2) is 0 Å². The molecule has 1 unspecified atom stereocenters. The van der Waals surface area contributed by atoms with E-state index in [1.54, 1.807) is 6.92 Å². The number of aliphatic carboxylic acids is 1. The first-order valence-electron chi connectivity index (χ1n) is 4.74. The highest BCUT2D eigenvalue weighted by molar-refractivity contribution is 5.70. The Kier molecular flexibility index (Phi) is 4.80. The van der Waals surface area contributed by atoms with Crippen LogP contribution in [0.5, 0.6) is 0 Å². The van der Waals surface area contributed by atoms with Crippen LogP contribution < -0.4 is 0 Å². The molecule has 1 rings (SSSR count). The van der Waals surface area contributed by atoms with E-state index in [2.05, 4.69) is 0 Å². The predicted molar refractivity (Wildman–Crippen MR) is 54.3 cm³/mol. The van der Waals surface area contributed by atoms with Gasteiger partial charge in [0.25, 0.3) is 6.29 Å². The molecule has 0 fully saturated rings. The van der Waals surface area contributed by atoms with Crippen molar-refractivity contribution < 1.29 is 19.4 Å². The van der Waals surface area contributed by atoms with E-state index in [9.17, 15) is 4.79 Å². The molecule has 0 saturated heterocycles. The first-order chi connectivity index (χ1) is 7.24. The highest BCUT2D eigenvalue weighted by Gasteiger charge is 2.17. The number of hydrogen-bond donors (Lipinski definition) is 1. The molecule has 0 aliphatic heterocycles. The van der Waals surface area contributed by atoms with Crippen molar-refractivity contribution >= 4 is 5.97 Å². The highest BCUT2D eigenvalue weighted by Crippen LogP contribution is 2.04.